The molecule has 0 aliphatic carbocycles. The van der Waals surface area contributed by atoms with Crippen LogP contribution in [-0.2, 0) is 22.6 Å². The number of rotatable bonds is 8. The summed E-state index contributed by atoms with van der Waals surface area (Å²) >= 11 is 0. The van der Waals surface area contributed by atoms with Gasteiger partial charge in [-0.15, -0.1) is 0 Å². The summed E-state index contributed by atoms with van der Waals surface area (Å²) in [6.07, 6.45) is 1.13. The number of hydrogen-bond donors (Lipinski definition) is 1. The van der Waals surface area contributed by atoms with Gasteiger partial charge in [0, 0.05) is 38.3 Å². The highest BCUT2D eigenvalue weighted by molar-refractivity contribution is 5.89. The van der Waals surface area contributed by atoms with E-state index in [1.54, 1.807) is 0 Å². The van der Waals surface area contributed by atoms with E-state index in [1.807, 2.05) is 41.6 Å². The minimum Gasteiger partial charge on any atom is -0.355 e. The van der Waals surface area contributed by atoms with Crippen LogP contribution < -0.4 is 5.32 Å². The maximum atomic E-state index is 12.5. The number of carbonyl (C=O) groups excluding carboxylic acids is 2. The van der Waals surface area contributed by atoms with E-state index in [2.05, 4.69) is 35.5 Å². The van der Waals surface area contributed by atoms with Crippen molar-refractivity contribution in [1.82, 2.24) is 20.0 Å². The van der Waals surface area contributed by atoms with Crippen LogP contribution in [0.3, 0.4) is 0 Å². The van der Waals surface area contributed by atoms with Crippen LogP contribution in [-0.4, -0.2) is 46.1 Å². The average Bonchev–Trinajstić information content (AvgIpc) is 3.20. The summed E-state index contributed by atoms with van der Waals surface area (Å²) in [5.74, 6) is 0.0833. The highest BCUT2D eigenvalue weighted by Gasteiger charge is 2.33. The van der Waals surface area contributed by atoms with Crippen molar-refractivity contribution in [2.45, 2.75) is 40.2 Å². The quantitative estimate of drug-likeness (QED) is 0.762. The first-order valence-corrected chi connectivity index (χ1v) is 10.0. The summed E-state index contributed by atoms with van der Waals surface area (Å²) in [5.41, 5.74) is 3.35. The molecule has 1 N–H and O–H groups in total. The first-order chi connectivity index (χ1) is 13.4. The number of likely N-dealkylation sites (tertiary alicyclic amines) is 1. The third kappa shape index (κ3) is 5.21. The number of benzene rings is 1. The average molecular weight is 383 g/mol. The maximum absolute atomic E-state index is 12.5. The summed E-state index contributed by atoms with van der Waals surface area (Å²) in [6, 6.07) is 12.2. The number of nitrogens with one attached hydrogen (secondary N) is 1. The third-order valence-electron chi connectivity index (χ3n) is 5.31. The van der Waals surface area contributed by atoms with Crippen molar-refractivity contribution in [3.8, 4) is 0 Å². The fraction of sp³-hybridized carbons (Fsp3) is 0.500. The van der Waals surface area contributed by atoms with E-state index in [-0.39, 0.29) is 23.7 Å². The molecule has 6 nitrogen and oxygen atoms in total. The van der Waals surface area contributed by atoms with Gasteiger partial charge in [-0.3, -0.25) is 14.3 Å². The smallest absolute Gasteiger partial charge is 0.225 e. The summed E-state index contributed by atoms with van der Waals surface area (Å²) in [4.78, 5) is 26.6. The maximum Gasteiger partial charge on any atom is 0.225 e. The number of hydrogen-bond acceptors (Lipinski definition) is 3. The lowest BCUT2D eigenvalue weighted by atomic mass is 10.1. The van der Waals surface area contributed by atoms with Gasteiger partial charge in [0.15, 0.2) is 0 Å². The standard InChI is InChI=1S/C22H30N4O2/c1-16(14-26-18(3)11-17(2)24-26)13-23-22(28)20-12-21(27)25(15-20)10-9-19-7-5-4-6-8-19/h4-8,11,16,20H,9-10,12-15H2,1-3H3,(H,23,28)/t16-,20-/m1/s1. The van der Waals surface area contributed by atoms with Gasteiger partial charge in [-0.25, -0.2) is 0 Å². The molecule has 2 heterocycles. The zero-order chi connectivity index (χ0) is 20.1. The van der Waals surface area contributed by atoms with Crippen molar-refractivity contribution in [1.29, 1.82) is 0 Å². The predicted octanol–water partition coefficient (Wildman–Crippen LogP) is 2.34. The Morgan fingerprint density at radius 1 is 1.29 bits per heavy atom. The molecular formula is C22H30N4O2. The monoisotopic (exact) mass is 382 g/mol. The summed E-state index contributed by atoms with van der Waals surface area (Å²) in [5, 5.41) is 7.50. The predicted molar refractivity (Wildman–Crippen MR) is 109 cm³/mol. The molecule has 1 fully saturated rings. The Balaban J connectivity index is 1.43. The number of carbonyl (C=O) groups is 2. The zero-order valence-corrected chi connectivity index (χ0v) is 17.0. The normalized spacial score (nSPS) is 17.8. The van der Waals surface area contributed by atoms with Gasteiger partial charge in [0.1, 0.15) is 0 Å². The summed E-state index contributed by atoms with van der Waals surface area (Å²) in [7, 11) is 0. The molecule has 1 aromatic carbocycles. The topological polar surface area (TPSA) is 67.2 Å². The Labute approximate surface area is 166 Å². The Hall–Kier alpha value is -2.63. The van der Waals surface area contributed by atoms with Crippen molar-refractivity contribution in [3.05, 3.63) is 53.3 Å². The first-order valence-electron chi connectivity index (χ1n) is 10.0. The molecule has 1 aromatic heterocycles. The second-order valence-electron chi connectivity index (χ2n) is 7.94. The second kappa shape index (κ2) is 9.04. The van der Waals surface area contributed by atoms with Crippen molar-refractivity contribution >= 4 is 11.8 Å². The van der Waals surface area contributed by atoms with Gasteiger partial charge in [0.2, 0.25) is 11.8 Å². The fourth-order valence-corrected chi connectivity index (χ4v) is 3.71. The van der Waals surface area contributed by atoms with Gasteiger partial charge in [0.25, 0.3) is 0 Å². The molecule has 3 rings (SSSR count). The zero-order valence-electron chi connectivity index (χ0n) is 17.0. The fourth-order valence-electron chi connectivity index (χ4n) is 3.71. The molecule has 150 valence electrons. The van der Waals surface area contributed by atoms with Gasteiger partial charge < -0.3 is 10.2 Å². The SMILES string of the molecule is Cc1cc(C)n(C[C@H](C)CNC(=O)[C@@H]2CC(=O)N(CCc3ccccc3)C2)n1. The molecule has 0 radical (unpaired) electrons. The minimum atomic E-state index is -0.246. The van der Waals surface area contributed by atoms with Crippen LogP contribution in [0.15, 0.2) is 36.4 Å². The molecule has 1 aliphatic heterocycles. The lowest BCUT2D eigenvalue weighted by Crippen LogP contribution is -2.36. The van der Waals surface area contributed by atoms with Gasteiger partial charge in [0.05, 0.1) is 11.6 Å². The number of aryl methyl sites for hydroxylation is 2. The number of aromatic nitrogens is 2. The van der Waals surface area contributed by atoms with E-state index in [0.717, 1.165) is 24.4 Å². The van der Waals surface area contributed by atoms with Crippen molar-refractivity contribution in [2.75, 3.05) is 19.6 Å². The Bertz CT molecular complexity index is 815. The molecular weight excluding hydrogens is 352 g/mol. The van der Waals surface area contributed by atoms with Crippen LogP contribution in [0.1, 0.15) is 30.3 Å². The van der Waals surface area contributed by atoms with Crippen LogP contribution >= 0.6 is 0 Å². The molecule has 1 aliphatic rings. The molecule has 6 heteroatoms. The summed E-state index contributed by atoms with van der Waals surface area (Å²) < 4.78 is 1.98. The molecule has 0 unspecified atom stereocenters. The van der Waals surface area contributed by atoms with Crippen LogP contribution in [0, 0.1) is 25.7 Å². The van der Waals surface area contributed by atoms with E-state index >= 15 is 0 Å². The van der Waals surface area contributed by atoms with E-state index in [1.165, 1.54) is 5.56 Å². The lowest BCUT2D eigenvalue weighted by molar-refractivity contribution is -0.129. The van der Waals surface area contributed by atoms with Gasteiger partial charge >= 0.3 is 0 Å². The molecule has 2 atom stereocenters. The van der Waals surface area contributed by atoms with E-state index in [4.69, 9.17) is 0 Å². The molecule has 2 aromatic rings. The number of nitrogens with zero attached hydrogens (tertiary/aromatic N) is 3. The molecule has 0 saturated carbocycles. The third-order valence-corrected chi connectivity index (χ3v) is 5.31. The lowest BCUT2D eigenvalue weighted by Gasteiger charge is -2.18. The molecule has 0 bridgehead atoms. The van der Waals surface area contributed by atoms with E-state index in [0.29, 0.717) is 26.1 Å². The molecule has 0 spiro atoms. The molecule has 2 amide bonds. The molecule has 28 heavy (non-hydrogen) atoms. The van der Waals surface area contributed by atoms with Crippen LogP contribution in [0.5, 0.6) is 0 Å². The Morgan fingerprint density at radius 3 is 2.71 bits per heavy atom. The van der Waals surface area contributed by atoms with Crippen LogP contribution in [0.25, 0.3) is 0 Å². The van der Waals surface area contributed by atoms with Crippen molar-refractivity contribution in [3.63, 3.8) is 0 Å². The van der Waals surface area contributed by atoms with Crippen LogP contribution in [0.2, 0.25) is 0 Å². The molecule has 1 saturated heterocycles. The van der Waals surface area contributed by atoms with Crippen molar-refractivity contribution in [2.24, 2.45) is 11.8 Å². The Morgan fingerprint density at radius 2 is 2.04 bits per heavy atom. The highest BCUT2D eigenvalue weighted by Crippen LogP contribution is 2.18. The number of amides is 2. The van der Waals surface area contributed by atoms with Gasteiger partial charge in [-0.2, -0.15) is 5.10 Å². The summed E-state index contributed by atoms with van der Waals surface area (Å²) in [6.45, 7) is 8.67. The van der Waals surface area contributed by atoms with Gasteiger partial charge in [-0.05, 0) is 37.8 Å². The van der Waals surface area contributed by atoms with E-state index < -0.39 is 0 Å². The second-order valence-corrected chi connectivity index (χ2v) is 7.94. The van der Waals surface area contributed by atoms with Gasteiger partial charge in [-0.1, -0.05) is 37.3 Å². The van der Waals surface area contributed by atoms with E-state index in [9.17, 15) is 9.59 Å². The minimum absolute atomic E-state index is 0.0178. The van der Waals surface area contributed by atoms with Crippen molar-refractivity contribution < 1.29 is 9.59 Å². The largest absolute Gasteiger partial charge is 0.355 e. The first kappa shape index (κ1) is 20.1. The highest BCUT2D eigenvalue weighted by atomic mass is 16.2. The van der Waals surface area contributed by atoms with Crippen LogP contribution in [0.4, 0.5) is 0 Å². The Kier molecular flexibility index (Phi) is 6.49.